The monoisotopic (exact) mass is 301 g/mol. The van der Waals surface area contributed by atoms with Crippen molar-refractivity contribution in [2.24, 2.45) is 0 Å². The average Bonchev–Trinajstić information content (AvgIpc) is 2.31. The number of benzene rings is 1. The third-order valence-electron chi connectivity index (χ3n) is 2.42. The highest BCUT2D eigenvalue weighted by atomic mass is 35.7. The van der Waals surface area contributed by atoms with Crippen LogP contribution in [0.25, 0.3) is 0 Å². The summed E-state index contributed by atoms with van der Waals surface area (Å²) in [6, 6.07) is 8.53. The number of aromatic nitrogens is 1. The van der Waals surface area contributed by atoms with Crippen LogP contribution in [-0.2, 0) is 15.5 Å². The molecular weight excluding hydrogens is 293 g/mol. The van der Waals surface area contributed by atoms with Crippen LogP contribution in [0.2, 0.25) is 5.02 Å². The molecule has 1 aromatic heterocycles. The Labute approximate surface area is 115 Å². The van der Waals surface area contributed by atoms with Crippen molar-refractivity contribution in [2.75, 3.05) is 0 Å². The lowest BCUT2D eigenvalue weighted by atomic mass is 10.1. The Hall–Kier alpha value is -1.10. The number of halogens is 2. The lowest BCUT2D eigenvalue weighted by molar-refractivity contribution is 0.609. The predicted molar refractivity (Wildman–Crippen MR) is 71.5 cm³/mol. The minimum Gasteiger partial charge on any atom is -0.265 e. The number of nitrogens with zero attached hydrogens (tertiary/aromatic N) is 1. The summed E-state index contributed by atoms with van der Waals surface area (Å²) in [6.07, 6.45) is 3.97. The van der Waals surface area contributed by atoms with Gasteiger partial charge in [0.2, 0.25) is 0 Å². The Balaban J connectivity index is 2.37. The molecule has 0 aliphatic rings. The maximum atomic E-state index is 11.3. The molecule has 0 aliphatic heterocycles. The molecule has 0 unspecified atom stereocenters. The Bertz CT molecular complexity index is 657. The zero-order valence-electron chi connectivity index (χ0n) is 9.18. The quantitative estimate of drug-likeness (QED) is 0.818. The van der Waals surface area contributed by atoms with E-state index in [0.717, 1.165) is 11.1 Å². The van der Waals surface area contributed by atoms with Gasteiger partial charge in [-0.25, -0.2) is 8.42 Å². The smallest absolute Gasteiger partial charge is 0.262 e. The topological polar surface area (TPSA) is 47.0 Å². The molecule has 0 spiro atoms. The fourth-order valence-corrected chi connectivity index (χ4v) is 3.10. The van der Waals surface area contributed by atoms with Crippen molar-refractivity contribution in [1.29, 1.82) is 0 Å². The van der Waals surface area contributed by atoms with Crippen LogP contribution in [-0.4, -0.2) is 13.4 Å². The SMILES string of the molecule is O=S(=O)(Cl)c1cc(Cc2ccncc2)ccc1Cl. The normalized spacial score (nSPS) is 11.4. The van der Waals surface area contributed by atoms with Crippen LogP contribution >= 0.6 is 22.3 Å². The number of hydrogen-bond donors (Lipinski definition) is 0. The average molecular weight is 302 g/mol. The maximum Gasteiger partial charge on any atom is 0.262 e. The lowest BCUT2D eigenvalue weighted by Crippen LogP contribution is -1.95. The van der Waals surface area contributed by atoms with Gasteiger partial charge in [0.1, 0.15) is 4.90 Å². The summed E-state index contributed by atoms with van der Waals surface area (Å²) in [5, 5.41) is 0.128. The molecule has 0 fully saturated rings. The van der Waals surface area contributed by atoms with Gasteiger partial charge in [0.05, 0.1) is 5.02 Å². The summed E-state index contributed by atoms with van der Waals surface area (Å²) in [5.74, 6) is 0. The molecule has 0 amide bonds. The molecule has 0 aliphatic carbocycles. The largest absolute Gasteiger partial charge is 0.265 e. The van der Waals surface area contributed by atoms with Gasteiger partial charge in [-0.1, -0.05) is 17.7 Å². The molecule has 0 radical (unpaired) electrons. The Morgan fingerprint density at radius 1 is 1.06 bits per heavy atom. The van der Waals surface area contributed by atoms with Crippen molar-refractivity contribution >= 4 is 31.3 Å². The Morgan fingerprint density at radius 2 is 1.72 bits per heavy atom. The van der Waals surface area contributed by atoms with E-state index in [1.54, 1.807) is 18.5 Å². The van der Waals surface area contributed by atoms with Gasteiger partial charge in [0.25, 0.3) is 9.05 Å². The van der Waals surface area contributed by atoms with Crippen LogP contribution in [0, 0.1) is 0 Å². The van der Waals surface area contributed by atoms with Gasteiger partial charge < -0.3 is 0 Å². The van der Waals surface area contributed by atoms with E-state index in [0.29, 0.717) is 6.42 Å². The van der Waals surface area contributed by atoms with Crippen molar-refractivity contribution in [2.45, 2.75) is 11.3 Å². The van der Waals surface area contributed by atoms with Crippen molar-refractivity contribution in [3.05, 3.63) is 58.9 Å². The molecule has 0 saturated heterocycles. The van der Waals surface area contributed by atoms with Gasteiger partial charge >= 0.3 is 0 Å². The standard InChI is InChI=1S/C12H9Cl2NO2S/c13-11-2-1-10(8-12(11)18(14,16)17)7-9-3-5-15-6-4-9/h1-6,8H,7H2. The minimum atomic E-state index is -3.82. The second-order valence-electron chi connectivity index (χ2n) is 3.73. The molecule has 94 valence electrons. The first-order valence-corrected chi connectivity index (χ1v) is 7.77. The van der Waals surface area contributed by atoms with Crippen molar-refractivity contribution in [3.8, 4) is 0 Å². The highest BCUT2D eigenvalue weighted by molar-refractivity contribution is 8.13. The molecule has 3 nitrogen and oxygen atoms in total. The molecule has 0 N–H and O–H groups in total. The van der Waals surface area contributed by atoms with E-state index in [2.05, 4.69) is 4.98 Å². The third kappa shape index (κ3) is 3.22. The van der Waals surface area contributed by atoms with Crippen LogP contribution in [0.3, 0.4) is 0 Å². The van der Waals surface area contributed by atoms with E-state index in [9.17, 15) is 8.42 Å². The zero-order valence-corrected chi connectivity index (χ0v) is 11.5. The second kappa shape index (κ2) is 5.26. The molecule has 2 aromatic rings. The Kier molecular flexibility index (Phi) is 3.90. The Morgan fingerprint density at radius 3 is 2.33 bits per heavy atom. The second-order valence-corrected chi connectivity index (χ2v) is 6.68. The van der Waals surface area contributed by atoms with Gasteiger partial charge in [-0.15, -0.1) is 0 Å². The van der Waals surface area contributed by atoms with Crippen molar-refractivity contribution < 1.29 is 8.42 Å². The predicted octanol–water partition coefficient (Wildman–Crippen LogP) is 3.25. The van der Waals surface area contributed by atoms with Crippen molar-refractivity contribution in [1.82, 2.24) is 4.98 Å². The highest BCUT2D eigenvalue weighted by Gasteiger charge is 2.15. The fraction of sp³-hybridized carbons (Fsp3) is 0.0833. The van der Waals surface area contributed by atoms with Crippen LogP contribution in [0.4, 0.5) is 0 Å². The third-order valence-corrected chi connectivity index (χ3v) is 4.22. The molecular formula is C12H9Cl2NO2S. The first kappa shape index (κ1) is 13.3. The summed E-state index contributed by atoms with van der Waals surface area (Å²) < 4.78 is 22.7. The summed E-state index contributed by atoms with van der Waals surface area (Å²) in [7, 11) is 1.50. The molecule has 18 heavy (non-hydrogen) atoms. The molecule has 2 rings (SSSR count). The lowest BCUT2D eigenvalue weighted by Gasteiger charge is -2.05. The van der Waals surface area contributed by atoms with Gasteiger partial charge in [-0.2, -0.15) is 0 Å². The number of pyridine rings is 1. The molecule has 1 aromatic carbocycles. The number of rotatable bonds is 3. The van der Waals surface area contributed by atoms with E-state index >= 15 is 0 Å². The molecule has 0 atom stereocenters. The van der Waals surface area contributed by atoms with Crippen LogP contribution in [0.5, 0.6) is 0 Å². The summed E-state index contributed by atoms with van der Waals surface area (Å²) in [4.78, 5) is 3.86. The van der Waals surface area contributed by atoms with E-state index in [1.165, 1.54) is 12.1 Å². The van der Waals surface area contributed by atoms with E-state index in [-0.39, 0.29) is 9.92 Å². The first-order valence-electron chi connectivity index (χ1n) is 5.09. The fourth-order valence-electron chi connectivity index (χ4n) is 1.58. The molecule has 1 heterocycles. The minimum absolute atomic E-state index is 0.0580. The van der Waals surface area contributed by atoms with Crippen LogP contribution in [0.1, 0.15) is 11.1 Å². The van der Waals surface area contributed by atoms with E-state index < -0.39 is 9.05 Å². The van der Waals surface area contributed by atoms with Gasteiger partial charge in [0, 0.05) is 23.1 Å². The van der Waals surface area contributed by atoms with E-state index in [1.807, 2.05) is 12.1 Å². The summed E-state index contributed by atoms with van der Waals surface area (Å²) in [5.41, 5.74) is 1.86. The van der Waals surface area contributed by atoms with Crippen molar-refractivity contribution in [3.63, 3.8) is 0 Å². The molecule has 0 saturated carbocycles. The molecule has 0 bridgehead atoms. The summed E-state index contributed by atoms with van der Waals surface area (Å²) >= 11 is 5.81. The van der Waals surface area contributed by atoms with Gasteiger partial charge in [0.15, 0.2) is 0 Å². The molecule has 6 heteroatoms. The van der Waals surface area contributed by atoms with E-state index in [4.69, 9.17) is 22.3 Å². The maximum absolute atomic E-state index is 11.3. The zero-order chi connectivity index (χ0) is 13.2. The van der Waals surface area contributed by atoms with Crippen LogP contribution < -0.4 is 0 Å². The number of hydrogen-bond acceptors (Lipinski definition) is 3. The first-order chi connectivity index (χ1) is 8.47. The van der Waals surface area contributed by atoms with Gasteiger partial charge in [-0.3, -0.25) is 4.98 Å². The van der Waals surface area contributed by atoms with Crippen LogP contribution in [0.15, 0.2) is 47.6 Å². The summed E-state index contributed by atoms with van der Waals surface area (Å²) in [6.45, 7) is 0. The van der Waals surface area contributed by atoms with Gasteiger partial charge in [-0.05, 0) is 41.8 Å². The highest BCUT2D eigenvalue weighted by Crippen LogP contribution is 2.26.